The molecule has 0 bridgehead atoms. The smallest absolute Gasteiger partial charge is 0.251 e. The molecule has 0 saturated heterocycles. The van der Waals surface area contributed by atoms with Crippen LogP contribution in [0.1, 0.15) is 12.5 Å². The summed E-state index contributed by atoms with van der Waals surface area (Å²) in [6.07, 6.45) is 2.51. The van der Waals surface area contributed by atoms with Crippen molar-refractivity contribution in [2.24, 2.45) is 0 Å². The summed E-state index contributed by atoms with van der Waals surface area (Å²) in [4.78, 5) is 11.4. The predicted molar refractivity (Wildman–Crippen MR) is 59.3 cm³/mol. The molecule has 0 saturated carbocycles. The highest BCUT2D eigenvalue weighted by molar-refractivity contribution is 5.91. The van der Waals surface area contributed by atoms with Gasteiger partial charge in [0.15, 0.2) is 0 Å². The molecule has 0 aromatic carbocycles. The van der Waals surface area contributed by atoms with Gasteiger partial charge in [-0.05, 0) is 6.42 Å². The van der Waals surface area contributed by atoms with Gasteiger partial charge in [0.2, 0.25) is 0 Å². The van der Waals surface area contributed by atoms with Gasteiger partial charge < -0.3 is 14.8 Å². The number of hydrogen-bond acceptors (Lipinski definition) is 4. The average molecular weight is 227 g/mol. The highest BCUT2D eigenvalue weighted by Crippen LogP contribution is 2.10. The van der Waals surface area contributed by atoms with Crippen LogP contribution in [0.3, 0.4) is 0 Å². The molecule has 0 aliphatic carbocycles. The van der Waals surface area contributed by atoms with Crippen LogP contribution in [0.4, 0.5) is 5.82 Å². The minimum atomic E-state index is -0.199. The molecule has 0 aliphatic heterocycles. The van der Waals surface area contributed by atoms with E-state index in [1.54, 1.807) is 13.3 Å². The Morgan fingerprint density at radius 1 is 1.56 bits per heavy atom. The van der Waals surface area contributed by atoms with Gasteiger partial charge in [0.05, 0.1) is 19.4 Å². The highest BCUT2D eigenvalue weighted by Gasteiger charge is 2.07. The second kappa shape index (κ2) is 6.97. The molecule has 0 spiro atoms. The molecule has 0 unspecified atom stereocenters. The third kappa shape index (κ3) is 4.00. The van der Waals surface area contributed by atoms with Gasteiger partial charge in [0, 0.05) is 12.7 Å². The van der Waals surface area contributed by atoms with Crippen LogP contribution in [-0.2, 0) is 20.7 Å². The number of hydrogen-bond donors (Lipinski definition) is 2. The lowest BCUT2D eigenvalue weighted by Crippen LogP contribution is -2.20. The molecule has 0 atom stereocenters. The van der Waals surface area contributed by atoms with Gasteiger partial charge in [0.25, 0.3) is 5.91 Å². The Labute approximate surface area is 94.3 Å². The topological polar surface area (TPSA) is 76.2 Å². The normalized spacial score (nSPS) is 10.4. The molecular weight excluding hydrogens is 210 g/mol. The van der Waals surface area contributed by atoms with Gasteiger partial charge in [-0.15, -0.1) is 0 Å². The molecule has 6 heteroatoms. The van der Waals surface area contributed by atoms with Gasteiger partial charge in [-0.1, -0.05) is 6.92 Å². The third-order valence-corrected chi connectivity index (χ3v) is 2.03. The Hall–Kier alpha value is -1.40. The Bertz CT molecular complexity index is 325. The van der Waals surface area contributed by atoms with Crippen LogP contribution >= 0.6 is 0 Å². The lowest BCUT2D eigenvalue weighted by Gasteiger charge is -2.05. The lowest BCUT2D eigenvalue weighted by atomic mass is 10.2. The molecule has 1 aromatic heterocycles. The van der Waals surface area contributed by atoms with E-state index in [9.17, 15) is 4.79 Å². The number of rotatable bonds is 7. The summed E-state index contributed by atoms with van der Waals surface area (Å²) in [7, 11) is 1.58. The Balaban J connectivity index is 2.28. The van der Waals surface area contributed by atoms with E-state index in [4.69, 9.17) is 9.47 Å². The first kappa shape index (κ1) is 12.7. The van der Waals surface area contributed by atoms with Crippen molar-refractivity contribution in [3.8, 4) is 0 Å². The Morgan fingerprint density at radius 2 is 2.38 bits per heavy atom. The van der Waals surface area contributed by atoms with Gasteiger partial charge in [-0.2, -0.15) is 5.10 Å². The van der Waals surface area contributed by atoms with Crippen molar-refractivity contribution < 1.29 is 14.3 Å². The molecule has 90 valence electrons. The van der Waals surface area contributed by atoms with Crippen LogP contribution in [0.2, 0.25) is 0 Å². The summed E-state index contributed by atoms with van der Waals surface area (Å²) in [5.41, 5.74) is 0.977. The summed E-state index contributed by atoms with van der Waals surface area (Å²) in [5.74, 6) is 0.442. The quantitative estimate of drug-likeness (QED) is 0.668. The fourth-order valence-electron chi connectivity index (χ4n) is 1.17. The van der Waals surface area contributed by atoms with Gasteiger partial charge in [-0.25, -0.2) is 0 Å². The zero-order chi connectivity index (χ0) is 11.8. The number of anilines is 1. The Kier molecular flexibility index (Phi) is 5.52. The van der Waals surface area contributed by atoms with Crippen molar-refractivity contribution >= 4 is 11.7 Å². The molecule has 1 rings (SSSR count). The number of carbonyl (C=O) groups is 1. The number of methoxy groups -OCH3 is 1. The maximum atomic E-state index is 11.4. The summed E-state index contributed by atoms with van der Waals surface area (Å²) >= 11 is 0. The maximum absolute atomic E-state index is 11.4. The number of carbonyl (C=O) groups excluding carboxylic acids is 1. The zero-order valence-electron chi connectivity index (χ0n) is 9.58. The maximum Gasteiger partial charge on any atom is 0.251 e. The standard InChI is InChI=1S/C10H17N3O3/c1-3-8-6-11-13-10(8)12-9(14)7-16-5-4-15-2/h6H,3-5,7H2,1-2H3,(H2,11,12,13,14). The molecule has 1 amide bonds. The fourth-order valence-corrected chi connectivity index (χ4v) is 1.17. The number of nitrogens with one attached hydrogen (secondary N) is 2. The van der Waals surface area contributed by atoms with E-state index >= 15 is 0 Å². The summed E-state index contributed by atoms with van der Waals surface area (Å²) in [6, 6.07) is 0. The monoisotopic (exact) mass is 227 g/mol. The fraction of sp³-hybridized carbons (Fsp3) is 0.600. The van der Waals surface area contributed by atoms with E-state index in [2.05, 4.69) is 15.5 Å². The van der Waals surface area contributed by atoms with Crippen molar-refractivity contribution in [1.82, 2.24) is 10.2 Å². The molecule has 2 N–H and O–H groups in total. The highest BCUT2D eigenvalue weighted by atomic mass is 16.5. The number of aromatic amines is 1. The van der Waals surface area contributed by atoms with E-state index in [1.807, 2.05) is 6.92 Å². The second-order valence-corrected chi connectivity index (χ2v) is 3.22. The molecule has 16 heavy (non-hydrogen) atoms. The Morgan fingerprint density at radius 3 is 3.06 bits per heavy atom. The molecular formula is C10H17N3O3. The van der Waals surface area contributed by atoms with Crippen LogP contribution in [-0.4, -0.2) is 43.0 Å². The van der Waals surface area contributed by atoms with Crippen LogP contribution in [0, 0.1) is 0 Å². The molecule has 0 aliphatic rings. The second-order valence-electron chi connectivity index (χ2n) is 3.22. The van der Waals surface area contributed by atoms with Crippen LogP contribution < -0.4 is 5.32 Å². The molecule has 0 fully saturated rings. The summed E-state index contributed by atoms with van der Waals surface area (Å²) in [5, 5.41) is 9.28. The average Bonchev–Trinajstić information content (AvgIpc) is 2.71. The molecule has 0 radical (unpaired) electrons. The van der Waals surface area contributed by atoms with E-state index in [-0.39, 0.29) is 12.5 Å². The van der Waals surface area contributed by atoms with Crippen molar-refractivity contribution in [2.45, 2.75) is 13.3 Å². The van der Waals surface area contributed by atoms with E-state index in [1.165, 1.54) is 0 Å². The molecule has 1 aromatic rings. The van der Waals surface area contributed by atoms with Crippen LogP contribution in [0.25, 0.3) is 0 Å². The first-order valence-electron chi connectivity index (χ1n) is 5.16. The number of H-pyrrole nitrogens is 1. The third-order valence-electron chi connectivity index (χ3n) is 2.03. The largest absolute Gasteiger partial charge is 0.382 e. The predicted octanol–water partition coefficient (Wildman–Crippen LogP) is 0.574. The van der Waals surface area contributed by atoms with Gasteiger partial charge in [-0.3, -0.25) is 9.89 Å². The van der Waals surface area contributed by atoms with Crippen molar-refractivity contribution in [1.29, 1.82) is 0 Å². The van der Waals surface area contributed by atoms with Gasteiger partial charge in [0.1, 0.15) is 12.4 Å². The summed E-state index contributed by atoms with van der Waals surface area (Å²) in [6.45, 7) is 2.91. The first-order chi connectivity index (χ1) is 7.77. The van der Waals surface area contributed by atoms with E-state index in [0.717, 1.165) is 12.0 Å². The van der Waals surface area contributed by atoms with Crippen LogP contribution in [0.15, 0.2) is 6.20 Å². The van der Waals surface area contributed by atoms with Crippen molar-refractivity contribution in [3.05, 3.63) is 11.8 Å². The molecule has 6 nitrogen and oxygen atoms in total. The number of nitrogens with zero attached hydrogens (tertiary/aromatic N) is 1. The first-order valence-corrected chi connectivity index (χ1v) is 5.16. The SMILES string of the molecule is CCc1cn[nH]c1NC(=O)COCCOC. The number of aromatic nitrogens is 2. The lowest BCUT2D eigenvalue weighted by molar-refractivity contribution is -0.121. The number of amides is 1. The minimum absolute atomic E-state index is 0.0194. The van der Waals surface area contributed by atoms with Crippen molar-refractivity contribution in [2.75, 3.05) is 32.2 Å². The van der Waals surface area contributed by atoms with Gasteiger partial charge >= 0.3 is 0 Å². The van der Waals surface area contributed by atoms with E-state index < -0.39 is 0 Å². The van der Waals surface area contributed by atoms with Crippen molar-refractivity contribution in [3.63, 3.8) is 0 Å². The van der Waals surface area contributed by atoms with Crippen LogP contribution in [0.5, 0.6) is 0 Å². The number of aryl methyl sites for hydroxylation is 1. The summed E-state index contributed by atoms with van der Waals surface area (Å²) < 4.78 is 9.88. The van der Waals surface area contributed by atoms with E-state index in [0.29, 0.717) is 19.0 Å². The zero-order valence-corrected chi connectivity index (χ0v) is 9.58. The molecule has 1 heterocycles. The minimum Gasteiger partial charge on any atom is -0.382 e. The number of ether oxygens (including phenoxy) is 2.